The summed E-state index contributed by atoms with van der Waals surface area (Å²) in [4.78, 5) is 1.63. The van der Waals surface area contributed by atoms with Gasteiger partial charge in [0.05, 0.1) is 18.8 Å². The van der Waals surface area contributed by atoms with E-state index in [1.165, 1.54) is 81.1 Å². The molecule has 3 aromatic heterocycles. The van der Waals surface area contributed by atoms with Gasteiger partial charge in [0.15, 0.2) is 0 Å². The van der Waals surface area contributed by atoms with Gasteiger partial charge in [0.25, 0.3) is 0 Å². The van der Waals surface area contributed by atoms with E-state index in [2.05, 4.69) is 35.2 Å². The summed E-state index contributed by atoms with van der Waals surface area (Å²) in [5.74, 6) is 0. The summed E-state index contributed by atoms with van der Waals surface area (Å²) in [6.07, 6.45) is 12.5. The van der Waals surface area contributed by atoms with Crippen LogP contribution in [0.3, 0.4) is 0 Å². The molecule has 23 heavy (non-hydrogen) atoms. The molecule has 0 aliphatic carbocycles. The van der Waals surface area contributed by atoms with Gasteiger partial charge in [-0.25, -0.2) is 0 Å². The van der Waals surface area contributed by atoms with Crippen LogP contribution in [-0.2, 0) is 6.42 Å². The summed E-state index contributed by atoms with van der Waals surface area (Å²) in [5, 5.41) is 2.23. The van der Waals surface area contributed by atoms with Gasteiger partial charge in [-0.15, -0.1) is 34.0 Å². The highest BCUT2D eigenvalue weighted by Gasteiger charge is 2.16. The van der Waals surface area contributed by atoms with Crippen molar-refractivity contribution in [2.45, 2.75) is 71.6 Å². The molecule has 0 fully saturated rings. The molecule has 0 bridgehead atoms. The lowest BCUT2D eigenvalue weighted by molar-refractivity contribution is 0.576. The van der Waals surface area contributed by atoms with Crippen LogP contribution in [0.2, 0.25) is 0 Å². The zero-order chi connectivity index (χ0) is 16.2. The highest BCUT2D eigenvalue weighted by atomic mass is 79.9. The topological polar surface area (TPSA) is 0 Å². The van der Waals surface area contributed by atoms with E-state index in [9.17, 15) is 0 Å². The molecule has 4 heteroatoms. The largest absolute Gasteiger partial charge is 0.140 e. The Labute approximate surface area is 160 Å². The van der Waals surface area contributed by atoms with Gasteiger partial charge >= 0.3 is 0 Å². The molecule has 3 heterocycles. The number of thiophene rings is 3. The minimum absolute atomic E-state index is 1.27. The quantitative estimate of drug-likeness (QED) is 0.298. The zero-order valence-corrected chi connectivity index (χ0v) is 18.1. The Bertz CT molecular complexity index is 762. The van der Waals surface area contributed by atoms with Crippen molar-refractivity contribution < 1.29 is 0 Å². The van der Waals surface area contributed by atoms with Crippen molar-refractivity contribution >= 4 is 68.7 Å². The molecular weight excluding hydrogens is 404 g/mol. The fourth-order valence-electron chi connectivity index (χ4n) is 3.15. The van der Waals surface area contributed by atoms with E-state index in [0.717, 1.165) is 0 Å². The first-order valence-electron chi connectivity index (χ1n) is 8.79. The molecule has 126 valence electrons. The van der Waals surface area contributed by atoms with Crippen LogP contribution in [0, 0.1) is 6.92 Å². The van der Waals surface area contributed by atoms with Crippen LogP contribution in [-0.4, -0.2) is 0 Å². The van der Waals surface area contributed by atoms with E-state index < -0.39 is 0 Å². The molecule has 0 spiro atoms. The van der Waals surface area contributed by atoms with Crippen molar-refractivity contribution in [2.24, 2.45) is 0 Å². The van der Waals surface area contributed by atoms with E-state index in [4.69, 9.17) is 0 Å². The van der Waals surface area contributed by atoms with Crippen LogP contribution in [0.4, 0.5) is 0 Å². The van der Waals surface area contributed by atoms with Crippen molar-refractivity contribution in [3.63, 3.8) is 0 Å². The average molecular weight is 430 g/mol. The molecule has 0 N–H and O–H groups in total. The molecule has 0 aliphatic rings. The molecule has 0 radical (unpaired) electrons. The van der Waals surface area contributed by atoms with E-state index >= 15 is 0 Å². The molecular formula is C19H25BrS3. The third-order valence-electron chi connectivity index (χ3n) is 4.56. The Morgan fingerprint density at radius 1 is 0.826 bits per heavy atom. The second kappa shape index (κ2) is 8.46. The fraction of sp³-hybridized carbons (Fsp3) is 0.579. The predicted octanol–water partition coefficient (Wildman–Crippen LogP) is 8.93. The number of halogens is 1. The number of hydrogen-bond acceptors (Lipinski definition) is 3. The van der Waals surface area contributed by atoms with Gasteiger partial charge in [-0.3, -0.25) is 0 Å². The summed E-state index contributed by atoms with van der Waals surface area (Å²) < 4.78 is 7.28. The molecule has 0 aliphatic heterocycles. The lowest BCUT2D eigenvalue weighted by atomic mass is 10.1. The van der Waals surface area contributed by atoms with Crippen LogP contribution >= 0.6 is 49.9 Å². The summed E-state index contributed by atoms with van der Waals surface area (Å²) in [7, 11) is 0. The first-order valence-corrected chi connectivity index (χ1v) is 12.1. The summed E-state index contributed by atoms with van der Waals surface area (Å²) in [6, 6.07) is 0. The monoisotopic (exact) mass is 428 g/mol. The molecule has 0 saturated heterocycles. The second-order valence-corrected chi connectivity index (χ2v) is 10.2. The summed E-state index contributed by atoms with van der Waals surface area (Å²) in [6.45, 7) is 4.61. The van der Waals surface area contributed by atoms with E-state index in [-0.39, 0.29) is 0 Å². The highest BCUT2D eigenvalue weighted by Crippen LogP contribution is 2.47. The fourth-order valence-corrected chi connectivity index (χ4v) is 8.04. The Kier molecular flexibility index (Phi) is 6.59. The molecule has 0 unspecified atom stereocenters. The normalized spacial score (nSPS) is 12.0. The number of fused-ring (bicyclic) bond motifs is 3. The maximum atomic E-state index is 3.68. The Morgan fingerprint density at radius 3 is 2.26 bits per heavy atom. The lowest BCUT2D eigenvalue weighted by Gasteiger charge is -2.02. The first kappa shape index (κ1) is 17.9. The van der Waals surface area contributed by atoms with Gasteiger partial charge in [0.2, 0.25) is 0 Å². The molecule has 0 amide bonds. The minimum atomic E-state index is 1.27. The van der Waals surface area contributed by atoms with Crippen molar-refractivity contribution in [1.82, 2.24) is 0 Å². The molecule has 0 nitrogen and oxygen atoms in total. The Balaban J connectivity index is 1.53. The van der Waals surface area contributed by atoms with E-state index in [1.807, 2.05) is 34.0 Å². The van der Waals surface area contributed by atoms with Gasteiger partial charge in [0.1, 0.15) is 0 Å². The smallest absolute Gasteiger partial charge is 0.0641 e. The third-order valence-corrected chi connectivity index (χ3v) is 9.85. The van der Waals surface area contributed by atoms with Crippen LogP contribution in [0.5, 0.6) is 0 Å². The predicted molar refractivity (Wildman–Crippen MR) is 114 cm³/mol. The van der Waals surface area contributed by atoms with Crippen molar-refractivity contribution in [3.05, 3.63) is 20.3 Å². The third kappa shape index (κ3) is 4.02. The number of rotatable bonds is 9. The molecule has 0 aromatic carbocycles. The summed E-state index contributed by atoms with van der Waals surface area (Å²) >= 11 is 9.59. The molecule has 0 saturated carbocycles. The maximum Gasteiger partial charge on any atom is 0.0641 e. The minimum Gasteiger partial charge on any atom is -0.140 e. The van der Waals surface area contributed by atoms with Crippen LogP contribution in [0.25, 0.3) is 18.8 Å². The second-order valence-electron chi connectivity index (χ2n) is 6.38. The maximum absolute atomic E-state index is 3.68. The van der Waals surface area contributed by atoms with Crippen molar-refractivity contribution in [1.29, 1.82) is 0 Å². The van der Waals surface area contributed by atoms with E-state index in [1.54, 1.807) is 10.4 Å². The Morgan fingerprint density at radius 2 is 1.52 bits per heavy atom. The van der Waals surface area contributed by atoms with Crippen LogP contribution in [0.1, 0.15) is 68.7 Å². The van der Waals surface area contributed by atoms with Gasteiger partial charge in [0, 0.05) is 14.7 Å². The number of aryl methyl sites for hydroxylation is 2. The van der Waals surface area contributed by atoms with Crippen LogP contribution in [0.15, 0.2) is 9.85 Å². The van der Waals surface area contributed by atoms with Gasteiger partial charge < -0.3 is 0 Å². The SMILES string of the molecule is CCCCCCCCCCc1sc2c(sc3c(Br)csc32)c1C. The van der Waals surface area contributed by atoms with Crippen molar-refractivity contribution in [3.8, 4) is 0 Å². The highest BCUT2D eigenvalue weighted by molar-refractivity contribution is 9.10. The van der Waals surface area contributed by atoms with Crippen molar-refractivity contribution in [2.75, 3.05) is 0 Å². The average Bonchev–Trinajstić information content (AvgIpc) is 3.17. The molecule has 3 aromatic rings. The van der Waals surface area contributed by atoms with E-state index in [0.29, 0.717) is 0 Å². The number of hydrogen-bond donors (Lipinski definition) is 0. The van der Waals surface area contributed by atoms with Gasteiger partial charge in [-0.1, -0.05) is 51.9 Å². The van der Waals surface area contributed by atoms with Gasteiger partial charge in [-0.2, -0.15) is 0 Å². The molecule has 0 atom stereocenters. The zero-order valence-electron chi connectivity index (χ0n) is 14.0. The first-order chi connectivity index (χ1) is 11.2. The summed E-state index contributed by atoms with van der Waals surface area (Å²) in [5.41, 5.74) is 1.55. The Hall–Kier alpha value is 0.100. The molecule has 3 rings (SSSR count). The van der Waals surface area contributed by atoms with Crippen LogP contribution < -0.4 is 0 Å². The lowest BCUT2D eigenvalue weighted by Crippen LogP contribution is -1.85. The standard InChI is InChI=1S/C19H25BrS3/c1-3-4-5-6-7-8-9-10-11-15-13(2)16-19(22-15)18-17(23-16)14(20)12-21-18/h12H,3-11H2,1-2H3. The number of unbranched alkanes of at least 4 members (excludes halogenated alkanes) is 7. The van der Waals surface area contributed by atoms with Gasteiger partial charge in [-0.05, 0) is 41.3 Å².